The SMILES string of the molecule is CC(C)(C)c1ccc2c(c1)CCCC2(C)C(C)(C)C. The smallest absolute Gasteiger partial charge is 0.00239 e. The summed E-state index contributed by atoms with van der Waals surface area (Å²) in [7, 11) is 0. The first-order valence-corrected chi connectivity index (χ1v) is 7.70. The summed E-state index contributed by atoms with van der Waals surface area (Å²) in [5.41, 5.74) is 5.56. The van der Waals surface area contributed by atoms with Gasteiger partial charge in [-0.05, 0) is 52.2 Å². The van der Waals surface area contributed by atoms with Crippen molar-refractivity contribution in [3.05, 3.63) is 34.9 Å². The van der Waals surface area contributed by atoms with Crippen LogP contribution in [-0.2, 0) is 17.3 Å². The quantitative estimate of drug-likeness (QED) is 0.566. The van der Waals surface area contributed by atoms with Crippen LogP contribution in [0.3, 0.4) is 0 Å². The number of aryl methyl sites for hydroxylation is 1. The summed E-state index contributed by atoms with van der Waals surface area (Å²) < 4.78 is 0. The van der Waals surface area contributed by atoms with Crippen molar-refractivity contribution in [2.75, 3.05) is 0 Å². The highest BCUT2D eigenvalue weighted by atomic mass is 14.5. The second kappa shape index (κ2) is 4.36. The van der Waals surface area contributed by atoms with Crippen LogP contribution < -0.4 is 0 Å². The van der Waals surface area contributed by atoms with Gasteiger partial charge in [0.25, 0.3) is 0 Å². The molecule has 0 heterocycles. The predicted octanol–water partition coefficient (Wildman–Crippen LogP) is 5.62. The molecule has 1 aromatic carbocycles. The maximum atomic E-state index is 2.47. The van der Waals surface area contributed by atoms with E-state index < -0.39 is 0 Å². The van der Waals surface area contributed by atoms with Gasteiger partial charge in [0.15, 0.2) is 0 Å². The van der Waals surface area contributed by atoms with E-state index in [0.717, 1.165) is 0 Å². The molecular formula is C19H30. The fourth-order valence-corrected chi connectivity index (χ4v) is 3.35. The normalized spacial score (nSPS) is 24.2. The molecule has 1 unspecified atom stereocenters. The Morgan fingerprint density at radius 1 is 1.00 bits per heavy atom. The molecule has 0 nitrogen and oxygen atoms in total. The Morgan fingerprint density at radius 2 is 1.63 bits per heavy atom. The summed E-state index contributed by atoms with van der Waals surface area (Å²) >= 11 is 0. The van der Waals surface area contributed by atoms with Crippen LogP contribution in [0.2, 0.25) is 0 Å². The van der Waals surface area contributed by atoms with Gasteiger partial charge in [-0.15, -0.1) is 0 Å². The maximum Gasteiger partial charge on any atom is -0.00239 e. The largest absolute Gasteiger partial charge is 0.0593 e. The summed E-state index contributed by atoms with van der Waals surface area (Å²) in [6, 6.07) is 7.24. The molecule has 0 spiro atoms. The topological polar surface area (TPSA) is 0 Å². The summed E-state index contributed by atoms with van der Waals surface area (Å²) in [6.45, 7) is 16.5. The summed E-state index contributed by atoms with van der Waals surface area (Å²) in [5.74, 6) is 0. The van der Waals surface area contributed by atoms with Gasteiger partial charge in [0.05, 0.1) is 0 Å². The van der Waals surface area contributed by atoms with E-state index in [1.165, 1.54) is 24.8 Å². The Balaban J connectivity index is 2.54. The highest BCUT2D eigenvalue weighted by molar-refractivity contribution is 5.42. The van der Waals surface area contributed by atoms with Gasteiger partial charge in [0.2, 0.25) is 0 Å². The number of fused-ring (bicyclic) bond motifs is 1. The lowest BCUT2D eigenvalue weighted by molar-refractivity contribution is 0.175. The van der Waals surface area contributed by atoms with Gasteiger partial charge in [-0.2, -0.15) is 0 Å². The van der Waals surface area contributed by atoms with Crippen molar-refractivity contribution < 1.29 is 0 Å². The van der Waals surface area contributed by atoms with Crippen LogP contribution in [0, 0.1) is 5.41 Å². The lowest BCUT2D eigenvalue weighted by Crippen LogP contribution is -2.40. The van der Waals surface area contributed by atoms with Crippen LogP contribution >= 0.6 is 0 Å². The molecule has 0 fully saturated rings. The highest BCUT2D eigenvalue weighted by Gasteiger charge is 2.41. The van der Waals surface area contributed by atoms with Crippen LogP contribution in [0.25, 0.3) is 0 Å². The fraction of sp³-hybridized carbons (Fsp3) is 0.684. The molecule has 1 aliphatic carbocycles. The van der Waals surface area contributed by atoms with Gasteiger partial charge in [-0.25, -0.2) is 0 Å². The standard InChI is InChI=1S/C19H30/c1-17(2,3)15-10-11-16-14(13-15)9-8-12-19(16,7)18(4,5)6/h10-11,13H,8-9,12H2,1-7H3. The first-order chi connectivity index (χ1) is 8.56. The molecule has 0 aliphatic heterocycles. The van der Waals surface area contributed by atoms with Crippen molar-refractivity contribution in [1.82, 2.24) is 0 Å². The molecular weight excluding hydrogens is 228 g/mol. The van der Waals surface area contributed by atoms with Crippen LogP contribution in [0.4, 0.5) is 0 Å². The van der Waals surface area contributed by atoms with E-state index in [9.17, 15) is 0 Å². The zero-order chi connectivity index (χ0) is 14.5. The summed E-state index contributed by atoms with van der Waals surface area (Å²) in [4.78, 5) is 0. The van der Waals surface area contributed by atoms with E-state index in [-0.39, 0.29) is 5.41 Å². The van der Waals surface area contributed by atoms with E-state index in [1.807, 2.05) is 0 Å². The Bertz CT molecular complexity index is 468. The van der Waals surface area contributed by atoms with Gasteiger partial charge < -0.3 is 0 Å². The molecule has 19 heavy (non-hydrogen) atoms. The third kappa shape index (κ3) is 2.47. The molecule has 1 aromatic rings. The van der Waals surface area contributed by atoms with Gasteiger partial charge in [-0.3, -0.25) is 0 Å². The zero-order valence-electron chi connectivity index (χ0n) is 13.9. The predicted molar refractivity (Wildman–Crippen MR) is 84.9 cm³/mol. The van der Waals surface area contributed by atoms with E-state index in [4.69, 9.17) is 0 Å². The lowest BCUT2D eigenvalue weighted by Gasteiger charge is -2.46. The van der Waals surface area contributed by atoms with E-state index >= 15 is 0 Å². The Labute approximate surface area is 119 Å². The summed E-state index contributed by atoms with van der Waals surface area (Å²) in [6.07, 6.45) is 3.90. The average molecular weight is 258 g/mol. The van der Waals surface area contributed by atoms with Gasteiger partial charge in [0.1, 0.15) is 0 Å². The molecule has 1 aliphatic rings. The lowest BCUT2D eigenvalue weighted by atomic mass is 9.58. The molecule has 0 heteroatoms. The molecule has 0 saturated heterocycles. The van der Waals surface area contributed by atoms with Crippen molar-refractivity contribution in [3.8, 4) is 0 Å². The van der Waals surface area contributed by atoms with Crippen molar-refractivity contribution in [1.29, 1.82) is 0 Å². The molecule has 1 atom stereocenters. The first-order valence-electron chi connectivity index (χ1n) is 7.70. The van der Waals surface area contributed by atoms with Crippen LogP contribution in [-0.4, -0.2) is 0 Å². The molecule has 0 amide bonds. The van der Waals surface area contributed by atoms with Crippen molar-refractivity contribution >= 4 is 0 Å². The van der Waals surface area contributed by atoms with Gasteiger partial charge in [0, 0.05) is 0 Å². The average Bonchev–Trinajstić information content (AvgIpc) is 2.26. The van der Waals surface area contributed by atoms with Crippen LogP contribution in [0.15, 0.2) is 18.2 Å². The number of hydrogen-bond donors (Lipinski definition) is 0. The van der Waals surface area contributed by atoms with Gasteiger partial charge in [-0.1, -0.05) is 66.7 Å². The number of hydrogen-bond acceptors (Lipinski definition) is 0. The Hall–Kier alpha value is -0.780. The van der Waals surface area contributed by atoms with Crippen LogP contribution in [0.5, 0.6) is 0 Å². The first kappa shape index (κ1) is 14.6. The minimum atomic E-state index is 0.255. The summed E-state index contributed by atoms with van der Waals surface area (Å²) in [5, 5.41) is 0. The second-order valence-corrected chi connectivity index (χ2v) is 8.56. The van der Waals surface area contributed by atoms with Gasteiger partial charge >= 0.3 is 0 Å². The van der Waals surface area contributed by atoms with E-state index in [1.54, 1.807) is 11.1 Å². The van der Waals surface area contributed by atoms with Crippen molar-refractivity contribution in [3.63, 3.8) is 0 Å². The maximum absolute atomic E-state index is 2.47. The molecule has 0 saturated carbocycles. The molecule has 0 radical (unpaired) electrons. The van der Waals surface area contributed by atoms with E-state index in [2.05, 4.69) is 66.7 Å². The van der Waals surface area contributed by atoms with Crippen molar-refractivity contribution in [2.24, 2.45) is 5.41 Å². The molecule has 2 rings (SSSR count). The molecule has 106 valence electrons. The third-order valence-corrected chi connectivity index (χ3v) is 5.34. The second-order valence-electron chi connectivity index (χ2n) is 8.56. The highest BCUT2D eigenvalue weighted by Crippen LogP contribution is 2.49. The Kier molecular flexibility index (Phi) is 3.36. The fourth-order valence-electron chi connectivity index (χ4n) is 3.35. The minimum absolute atomic E-state index is 0.255. The molecule has 0 aromatic heterocycles. The Morgan fingerprint density at radius 3 is 2.16 bits per heavy atom. The molecule has 0 N–H and O–H groups in total. The third-order valence-electron chi connectivity index (χ3n) is 5.34. The minimum Gasteiger partial charge on any atom is -0.0593 e. The zero-order valence-corrected chi connectivity index (χ0v) is 13.9. The monoisotopic (exact) mass is 258 g/mol. The molecule has 0 bridgehead atoms. The van der Waals surface area contributed by atoms with Crippen molar-refractivity contribution in [2.45, 2.75) is 78.6 Å². The van der Waals surface area contributed by atoms with E-state index in [0.29, 0.717) is 10.8 Å². The van der Waals surface area contributed by atoms with Crippen LogP contribution in [0.1, 0.15) is 78.0 Å². The number of rotatable bonds is 0. The number of benzene rings is 1.